The Balaban J connectivity index is 0.00000400. The number of aryl methyl sites for hydroxylation is 3. The van der Waals surface area contributed by atoms with Gasteiger partial charge < -0.3 is 15.4 Å². The third-order valence-corrected chi connectivity index (χ3v) is 3.24. The van der Waals surface area contributed by atoms with Crippen molar-refractivity contribution in [1.29, 1.82) is 0 Å². The molecule has 0 aliphatic carbocycles. The number of guanidine groups is 1. The minimum Gasteiger partial charge on any atom is -0.380 e. The molecule has 0 unspecified atom stereocenters. The summed E-state index contributed by atoms with van der Waals surface area (Å²) in [6.07, 6.45) is 0. The molecule has 0 aliphatic rings. The molecule has 0 heterocycles. The van der Waals surface area contributed by atoms with E-state index in [1.807, 2.05) is 6.92 Å². The maximum atomic E-state index is 5.30. The molecule has 0 aromatic heterocycles. The van der Waals surface area contributed by atoms with Gasteiger partial charge in [-0.2, -0.15) is 0 Å². The van der Waals surface area contributed by atoms with Crippen molar-refractivity contribution in [2.24, 2.45) is 4.99 Å². The van der Waals surface area contributed by atoms with E-state index in [9.17, 15) is 0 Å². The first-order valence-corrected chi connectivity index (χ1v) is 7.17. The summed E-state index contributed by atoms with van der Waals surface area (Å²) in [5.41, 5.74) is 5.28. The predicted octanol–water partition coefficient (Wildman–Crippen LogP) is 2.93. The van der Waals surface area contributed by atoms with Crippen LogP contribution in [0.25, 0.3) is 0 Å². The highest BCUT2D eigenvalue weighted by Gasteiger charge is 2.05. The molecule has 120 valence electrons. The molecule has 21 heavy (non-hydrogen) atoms. The number of rotatable bonds is 6. The summed E-state index contributed by atoms with van der Waals surface area (Å²) in [4.78, 5) is 4.22. The summed E-state index contributed by atoms with van der Waals surface area (Å²) in [6.45, 7) is 11.4. The Kier molecular flexibility index (Phi) is 10.4. The normalized spacial score (nSPS) is 11.0. The zero-order valence-electron chi connectivity index (χ0n) is 13.7. The van der Waals surface area contributed by atoms with Crippen LogP contribution in [0, 0.1) is 20.8 Å². The summed E-state index contributed by atoms with van der Waals surface area (Å²) in [5.74, 6) is 0.809. The lowest BCUT2D eigenvalue weighted by molar-refractivity contribution is 0.152. The van der Waals surface area contributed by atoms with Crippen LogP contribution in [-0.2, 0) is 11.3 Å². The first-order chi connectivity index (χ1) is 9.58. The Morgan fingerprint density at radius 3 is 2.29 bits per heavy atom. The van der Waals surface area contributed by atoms with Crippen LogP contribution in [0.5, 0.6) is 0 Å². The standard InChI is InChI=1S/C16H27N3O.HI/c1-6-20-8-7-18-16(17-5)19-11-15-13(3)9-12(2)10-14(15)4;/h9-10H,6-8,11H2,1-5H3,(H2,17,18,19);1H. The summed E-state index contributed by atoms with van der Waals surface area (Å²) >= 11 is 0. The quantitative estimate of drug-likeness (QED) is 0.331. The summed E-state index contributed by atoms with van der Waals surface area (Å²) in [6, 6.07) is 4.44. The topological polar surface area (TPSA) is 45.6 Å². The molecule has 1 aromatic carbocycles. The maximum absolute atomic E-state index is 5.30. The zero-order valence-corrected chi connectivity index (χ0v) is 16.1. The molecule has 0 bridgehead atoms. The minimum atomic E-state index is 0. The molecule has 0 atom stereocenters. The highest BCUT2D eigenvalue weighted by atomic mass is 127. The van der Waals surface area contributed by atoms with Gasteiger partial charge in [0, 0.05) is 26.7 Å². The lowest BCUT2D eigenvalue weighted by atomic mass is 10.00. The molecule has 4 nitrogen and oxygen atoms in total. The largest absolute Gasteiger partial charge is 0.380 e. The van der Waals surface area contributed by atoms with Crippen molar-refractivity contribution in [2.45, 2.75) is 34.2 Å². The summed E-state index contributed by atoms with van der Waals surface area (Å²) < 4.78 is 5.30. The van der Waals surface area contributed by atoms with Crippen LogP contribution in [0.15, 0.2) is 17.1 Å². The van der Waals surface area contributed by atoms with Gasteiger partial charge in [-0.3, -0.25) is 4.99 Å². The van der Waals surface area contributed by atoms with Gasteiger partial charge in [-0.05, 0) is 44.4 Å². The highest BCUT2D eigenvalue weighted by Crippen LogP contribution is 2.15. The van der Waals surface area contributed by atoms with Crippen LogP contribution >= 0.6 is 24.0 Å². The Morgan fingerprint density at radius 1 is 1.14 bits per heavy atom. The lowest BCUT2D eigenvalue weighted by Crippen LogP contribution is -2.38. The van der Waals surface area contributed by atoms with Crippen molar-refractivity contribution in [2.75, 3.05) is 26.8 Å². The van der Waals surface area contributed by atoms with Gasteiger partial charge in [0.2, 0.25) is 0 Å². The Hall–Kier alpha value is -0.820. The van der Waals surface area contributed by atoms with Crippen LogP contribution < -0.4 is 10.6 Å². The van der Waals surface area contributed by atoms with E-state index in [1.165, 1.54) is 22.3 Å². The van der Waals surface area contributed by atoms with Crippen LogP contribution in [0.4, 0.5) is 0 Å². The molecule has 0 amide bonds. The molecule has 0 saturated carbocycles. The van der Waals surface area contributed by atoms with E-state index in [-0.39, 0.29) is 24.0 Å². The molecule has 1 rings (SSSR count). The average Bonchev–Trinajstić information content (AvgIpc) is 2.39. The van der Waals surface area contributed by atoms with Gasteiger partial charge in [-0.25, -0.2) is 0 Å². The van der Waals surface area contributed by atoms with E-state index in [0.29, 0.717) is 6.61 Å². The monoisotopic (exact) mass is 405 g/mol. The van der Waals surface area contributed by atoms with E-state index >= 15 is 0 Å². The van der Waals surface area contributed by atoms with Gasteiger partial charge in [0.25, 0.3) is 0 Å². The Bertz CT molecular complexity index is 438. The van der Waals surface area contributed by atoms with Crippen molar-refractivity contribution >= 4 is 29.9 Å². The molecular formula is C16H28IN3O. The van der Waals surface area contributed by atoms with Gasteiger partial charge >= 0.3 is 0 Å². The smallest absolute Gasteiger partial charge is 0.191 e. The number of aliphatic imine (C=N–C) groups is 1. The second kappa shape index (κ2) is 10.8. The average molecular weight is 405 g/mol. The van der Waals surface area contributed by atoms with E-state index in [1.54, 1.807) is 7.05 Å². The predicted molar refractivity (Wildman–Crippen MR) is 101 cm³/mol. The van der Waals surface area contributed by atoms with Crippen LogP contribution in [-0.4, -0.2) is 32.8 Å². The van der Waals surface area contributed by atoms with E-state index < -0.39 is 0 Å². The van der Waals surface area contributed by atoms with Crippen molar-refractivity contribution in [3.05, 3.63) is 34.4 Å². The number of halogens is 1. The zero-order chi connectivity index (χ0) is 15.0. The van der Waals surface area contributed by atoms with Crippen molar-refractivity contribution in [3.63, 3.8) is 0 Å². The van der Waals surface area contributed by atoms with Gasteiger partial charge in [0.05, 0.1) is 6.61 Å². The molecule has 0 saturated heterocycles. The second-order valence-electron chi connectivity index (χ2n) is 4.93. The van der Waals surface area contributed by atoms with Crippen LogP contribution in [0.2, 0.25) is 0 Å². The third kappa shape index (κ3) is 7.13. The Morgan fingerprint density at radius 2 is 1.76 bits per heavy atom. The van der Waals surface area contributed by atoms with Crippen molar-refractivity contribution in [3.8, 4) is 0 Å². The molecule has 1 aromatic rings. The number of benzene rings is 1. The summed E-state index contributed by atoms with van der Waals surface area (Å²) in [7, 11) is 1.78. The van der Waals surface area contributed by atoms with E-state index in [4.69, 9.17) is 4.74 Å². The summed E-state index contributed by atoms with van der Waals surface area (Å²) in [5, 5.41) is 6.59. The first-order valence-electron chi connectivity index (χ1n) is 7.17. The fraction of sp³-hybridized carbons (Fsp3) is 0.562. The molecule has 0 aliphatic heterocycles. The number of ether oxygens (including phenoxy) is 1. The van der Waals surface area contributed by atoms with E-state index in [2.05, 4.69) is 48.5 Å². The van der Waals surface area contributed by atoms with Crippen LogP contribution in [0.3, 0.4) is 0 Å². The van der Waals surface area contributed by atoms with Crippen molar-refractivity contribution < 1.29 is 4.74 Å². The van der Waals surface area contributed by atoms with Crippen LogP contribution in [0.1, 0.15) is 29.2 Å². The van der Waals surface area contributed by atoms with Gasteiger partial charge in [-0.1, -0.05) is 17.7 Å². The van der Waals surface area contributed by atoms with Gasteiger partial charge in [0.1, 0.15) is 0 Å². The highest BCUT2D eigenvalue weighted by molar-refractivity contribution is 14.0. The molecule has 0 spiro atoms. The maximum Gasteiger partial charge on any atom is 0.191 e. The first kappa shape index (κ1) is 20.2. The molecule has 5 heteroatoms. The van der Waals surface area contributed by atoms with E-state index in [0.717, 1.165) is 25.7 Å². The third-order valence-electron chi connectivity index (χ3n) is 3.24. The fourth-order valence-electron chi connectivity index (χ4n) is 2.27. The minimum absolute atomic E-state index is 0. The van der Waals surface area contributed by atoms with Gasteiger partial charge in [-0.15, -0.1) is 24.0 Å². The molecule has 0 radical (unpaired) electrons. The number of hydrogen-bond donors (Lipinski definition) is 2. The SMILES string of the molecule is CCOCCNC(=NC)NCc1c(C)cc(C)cc1C.I. The lowest BCUT2D eigenvalue weighted by Gasteiger charge is -2.15. The number of hydrogen-bond acceptors (Lipinski definition) is 2. The number of nitrogens with one attached hydrogen (secondary N) is 2. The Labute approximate surface area is 145 Å². The number of nitrogens with zero attached hydrogens (tertiary/aromatic N) is 1. The van der Waals surface area contributed by atoms with Crippen molar-refractivity contribution in [1.82, 2.24) is 10.6 Å². The molecular weight excluding hydrogens is 377 g/mol. The second-order valence-corrected chi connectivity index (χ2v) is 4.93. The van der Waals surface area contributed by atoms with Gasteiger partial charge in [0.15, 0.2) is 5.96 Å². The molecule has 0 fully saturated rings. The molecule has 2 N–H and O–H groups in total. The fourth-order valence-corrected chi connectivity index (χ4v) is 2.27.